The molecule has 2 aromatic carbocycles. The number of hydrogen-bond donors (Lipinski definition) is 1. The van der Waals surface area contributed by atoms with Crippen LogP contribution in [0.5, 0.6) is 5.75 Å². The van der Waals surface area contributed by atoms with Gasteiger partial charge in [-0.1, -0.05) is 29.8 Å². The molecule has 126 valence electrons. The van der Waals surface area contributed by atoms with Gasteiger partial charge in [0.25, 0.3) is 0 Å². The number of fused-ring (bicyclic) bond motifs is 1. The number of carbonyl (C=O) groups excluding carboxylic acids is 1. The molecule has 4 nitrogen and oxygen atoms in total. The first-order valence-electron chi connectivity index (χ1n) is 8.02. The second-order valence-electron chi connectivity index (χ2n) is 6.11. The molecule has 2 aromatic rings. The van der Waals surface area contributed by atoms with Gasteiger partial charge in [0.2, 0.25) is 5.91 Å². The van der Waals surface area contributed by atoms with E-state index in [1.165, 1.54) is 5.56 Å². The third kappa shape index (κ3) is 3.06. The van der Waals surface area contributed by atoms with Crippen LogP contribution in [0.2, 0.25) is 5.02 Å². The Morgan fingerprint density at radius 2 is 2.08 bits per heavy atom. The highest BCUT2D eigenvalue weighted by Crippen LogP contribution is 2.33. The van der Waals surface area contributed by atoms with Crippen molar-refractivity contribution in [3.63, 3.8) is 0 Å². The highest BCUT2D eigenvalue weighted by atomic mass is 35.5. The molecule has 1 aliphatic rings. The van der Waals surface area contributed by atoms with Crippen molar-refractivity contribution in [3.05, 3.63) is 53.1 Å². The maximum absolute atomic E-state index is 12.9. The number of rotatable bonds is 4. The molecule has 24 heavy (non-hydrogen) atoms. The van der Waals surface area contributed by atoms with Gasteiger partial charge in [0.1, 0.15) is 11.8 Å². The first kappa shape index (κ1) is 16.7. The third-order valence-electron chi connectivity index (χ3n) is 4.35. The molecule has 0 aromatic heterocycles. The molecule has 0 fully saturated rings. The Kier molecular flexibility index (Phi) is 4.67. The SMILES string of the molecule is COc1ccc(NC(C)C(=O)N2c3ccccc3CC2C)cc1Cl. The number of carbonyl (C=O) groups is 1. The maximum Gasteiger partial charge on any atom is 0.249 e. The number of benzene rings is 2. The van der Waals surface area contributed by atoms with Gasteiger partial charge in [0, 0.05) is 17.4 Å². The van der Waals surface area contributed by atoms with Crippen LogP contribution in [0.15, 0.2) is 42.5 Å². The minimum absolute atomic E-state index is 0.0550. The van der Waals surface area contributed by atoms with E-state index in [4.69, 9.17) is 16.3 Å². The molecule has 1 heterocycles. The molecule has 0 radical (unpaired) electrons. The lowest BCUT2D eigenvalue weighted by molar-refractivity contribution is -0.119. The van der Waals surface area contributed by atoms with Crippen molar-refractivity contribution in [2.45, 2.75) is 32.4 Å². The van der Waals surface area contributed by atoms with Crippen LogP contribution in [0.3, 0.4) is 0 Å². The standard InChI is InChI=1S/C19H21ClN2O2/c1-12-10-14-6-4-5-7-17(14)22(12)19(23)13(2)21-15-8-9-18(24-3)16(20)11-15/h4-9,11-13,21H,10H2,1-3H3. The average Bonchev–Trinajstić information content (AvgIpc) is 2.90. The maximum atomic E-state index is 12.9. The van der Waals surface area contributed by atoms with Crippen LogP contribution in [0.4, 0.5) is 11.4 Å². The summed E-state index contributed by atoms with van der Waals surface area (Å²) in [6, 6.07) is 13.3. The van der Waals surface area contributed by atoms with Gasteiger partial charge in [-0.05, 0) is 50.1 Å². The Balaban J connectivity index is 1.77. The van der Waals surface area contributed by atoms with Crippen molar-refractivity contribution in [2.24, 2.45) is 0 Å². The number of nitrogens with zero attached hydrogens (tertiary/aromatic N) is 1. The summed E-state index contributed by atoms with van der Waals surface area (Å²) >= 11 is 6.15. The van der Waals surface area contributed by atoms with Crippen LogP contribution < -0.4 is 15.0 Å². The number of hydrogen-bond acceptors (Lipinski definition) is 3. The van der Waals surface area contributed by atoms with Gasteiger partial charge in [-0.2, -0.15) is 0 Å². The van der Waals surface area contributed by atoms with Crippen LogP contribution >= 0.6 is 11.6 Å². The summed E-state index contributed by atoms with van der Waals surface area (Å²) in [5.41, 5.74) is 3.02. The molecule has 0 spiro atoms. The van der Waals surface area contributed by atoms with Gasteiger partial charge in [0.05, 0.1) is 12.1 Å². The van der Waals surface area contributed by atoms with Gasteiger partial charge in [-0.15, -0.1) is 0 Å². The summed E-state index contributed by atoms with van der Waals surface area (Å²) < 4.78 is 5.15. The lowest BCUT2D eigenvalue weighted by Gasteiger charge is -2.27. The van der Waals surface area contributed by atoms with Crippen molar-refractivity contribution >= 4 is 28.9 Å². The van der Waals surface area contributed by atoms with Gasteiger partial charge in [-0.3, -0.25) is 4.79 Å². The molecule has 3 rings (SSSR count). The fourth-order valence-corrected chi connectivity index (χ4v) is 3.44. The molecular weight excluding hydrogens is 324 g/mol. The zero-order chi connectivity index (χ0) is 17.3. The zero-order valence-electron chi connectivity index (χ0n) is 14.0. The summed E-state index contributed by atoms with van der Waals surface area (Å²) in [4.78, 5) is 14.8. The minimum atomic E-state index is -0.358. The number of para-hydroxylation sites is 1. The van der Waals surface area contributed by atoms with Crippen molar-refractivity contribution in [2.75, 3.05) is 17.3 Å². The fourth-order valence-electron chi connectivity index (χ4n) is 3.18. The molecule has 2 unspecified atom stereocenters. The van der Waals surface area contributed by atoms with E-state index in [0.29, 0.717) is 10.8 Å². The largest absolute Gasteiger partial charge is 0.495 e. The van der Waals surface area contributed by atoms with E-state index in [9.17, 15) is 4.79 Å². The van der Waals surface area contributed by atoms with Crippen LogP contribution in [0, 0.1) is 0 Å². The minimum Gasteiger partial charge on any atom is -0.495 e. The number of ether oxygens (including phenoxy) is 1. The number of methoxy groups -OCH3 is 1. The van der Waals surface area contributed by atoms with E-state index in [-0.39, 0.29) is 18.0 Å². The van der Waals surface area contributed by atoms with Crippen LogP contribution in [-0.4, -0.2) is 25.1 Å². The van der Waals surface area contributed by atoms with E-state index >= 15 is 0 Å². The topological polar surface area (TPSA) is 41.6 Å². The molecule has 1 amide bonds. The molecule has 1 aliphatic heterocycles. The molecule has 2 atom stereocenters. The molecule has 5 heteroatoms. The molecule has 1 N–H and O–H groups in total. The lowest BCUT2D eigenvalue weighted by atomic mass is 10.1. The van der Waals surface area contributed by atoms with Crippen molar-refractivity contribution in [1.82, 2.24) is 0 Å². The van der Waals surface area contributed by atoms with E-state index in [1.54, 1.807) is 19.2 Å². The number of anilines is 2. The van der Waals surface area contributed by atoms with Gasteiger partial charge in [-0.25, -0.2) is 0 Å². The Morgan fingerprint density at radius 1 is 1.33 bits per heavy atom. The quantitative estimate of drug-likeness (QED) is 0.906. The highest BCUT2D eigenvalue weighted by Gasteiger charge is 2.32. The van der Waals surface area contributed by atoms with Crippen molar-refractivity contribution < 1.29 is 9.53 Å². The van der Waals surface area contributed by atoms with E-state index in [0.717, 1.165) is 17.8 Å². The summed E-state index contributed by atoms with van der Waals surface area (Å²) in [6.07, 6.45) is 0.892. The van der Waals surface area contributed by atoms with E-state index < -0.39 is 0 Å². The number of halogens is 1. The molecule has 0 saturated carbocycles. The van der Waals surface area contributed by atoms with E-state index in [2.05, 4.69) is 18.3 Å². The predicted molar refractivity (Wildman–Crippen MR) is 98.2 cm³/mol. The van der Waals surface area contributed by atoms with Gasteiger partial charge < -0.3 is 15.0 Å². The Labute approximate surface area is 147 Å². The average molecular weight is 345 g/mol. The third-order valence-corrected chi connectivity index (χ3v) is 4.65. The van der Waals surface area contributed by atoms with Gasteiger partial charge >= 0.3 is 0 Å². The number of nitrogens with one attached hydrogen (secondary N) is 1. The Morgan fingerprint density at radius 3 is 2.79 bits per heavy atom. The first-order valence-corrected chi connectivity index (χ1v) is 8.40. The second-order valence-corrected chi connectivity index (χ2v) is 6.51. The zero-order valence-corrected chi connectivity index (χ0v) is 14.8. The molecule has 0 bridgehead atoms. The normalized spacial score (nSPS) is 17.3. The lowest BCUT2D eigenvalue weighted by Crippen LogP contribution is -2.44. The molecular formula is C19H21ClN2O2. The van der Waals surface area contributed by atoms with Crippen LogP contribution in [-0.2, 0) is 11.2 Å². The summed E-state index contributed by atoms with van der Waals surface area (Å²) in [5.74, 6) is 0.669. The van der Waals surface area contributed by atoms with Crippen LogP contribution in [0.25, 0.3) is 0 Å². The van der Waals surface area contributed by atoms with E-state index in [1.807, 2.05) is 36.1 Å². The summed E-state index contributed by atoms with van der Waals surface area (Å²) in [7, 11) is 1.58. The monoisotopic (exact) mass is 344 g/mol. The van der Waals surface area contributed by atoms with Crippen molar-refractivity contribution in [1.29, 1.82) is 0 Å². The summed E-state index contributed by atoms with van der Waals surface area (Å²) in [6.45, 7) is 3.95. The second kappa shape index (κ2) is 6.73. The van der Waals surface area contributed by atoms with Crippen LogP contribution in [0.1, 0.15) is 19.4 Å². The Hall–Kier alpha value is -2.20. The fraction of sp³-hybridized carbons (Fsp3) is 0.316. The number of amides is 1. The molecule has 0 aliphatic carbocycles. The molecule has 0 saturated heterocycles. The predicted octanol–water partition coefficient (Wildman–Crippen LogP) is 4.13. The summed E-state index contributed by atoms with van der Waals surface area (Å²) in [5, 5.41) is 3.75. The first-order chi connectivity index (χ1) is 11.5. The smallest absolute Gasteiger partial charge is 0.249 e. The highest BCUT2D eigenvalue weighted by molar-refractivity contribution is 6.32. The van der Waals surface area contributed by atoms with Crippen molar-refractivity contribution in [3.8, 4) is 5.75 Å². The Bertz CT molecular complexity index is 763. The van der Waals surface area contributed by atoms with Gasteiger partial charge in [0.15, 0.2) is 0 Å².